The second-order valence-electron chi connectivity index (χ2n) is 5.83. The first-order chi connectivity index (χ1) is 10.6. The number of piperazine rings is 1. The van der Waals surface area contributed by atoms with Crippen molar-refractivity contribution < 1.29 is 9.53 Å². The predicted octanol–water partition coefficient (Wildman–Crippen LogP) is 2.05. The number of amides is 1. The minimum Gasteiger partial charge on any atom is -0.489 e. The number of rotatable bonds is 6. The van der Waals surface area contributed by atoms with Crippen LogP contribution < -0.4 is 10.1 Å². The van der Waals surface area contributed by atoms with Crippen molar-refractivity contribution in [3.8, 4) is 5.75 Å². The Morgan fingerprint density at radius 3 is 2.55 bits per heavy atom. The summed E-state index contributed by atoms with van der Waals surface area (Å²) in [5.74, 6) is 0.941. The number of carbonyl (C=O) groups excluding carboxylic acids is 1. The molecular weight excluding hydrogens is 278 g/mol. The van der Waals surface area contributed by atoms with E-state index >= 15 is 0 Å². The van der Waals surface area contributed by atoms with Crippen LogP contribution in [0.25, 0.3) is 0 Å². The lowest BCUT2D eigenvalue weighted by Gasteiger charge is -2.34. The monoisotopic (exact) mass is 305 g/mol. The van der Waals surface area contributed by atoms with Crippen LogP contribution in [0, 0.1) is 0 Å². The van der Waals surface area contributed by atoms with Gasteiger partial charge in [0.1, 0.15) is 5.75 Å². The fourth-order valence-electron chi connectivity index (χ4n) is 2.57. The number of para-hydroxylation sites is 2. The third kappa shape index (κ3) is 4.63. The van der Waals surface area contributed by atoms with Gasteiger partial charge in [-0.05, 0) is 32.5 Å². The van der Waals surface area contributed by atoms with Crippen molar-refractivity contribution in [2.45, 2.75) is 26.9 Å². The molecule has 5 nitrogen and oxygen atoms in total. The van der Waals surface area contributed by atoms with E-state index in [1.54, 1.807) is 0 Å². The van der Waals surface area contributed by atoms with Gasteiger partial charge in [0.15, 0.2) is 0 Å². The minimum absolute atomic E-state index is 0.112. The fourth-order valence-corrected chi connectivity index (χ4v) is 2.57. The molecule has 0 aliphatic carbocycles. The lowest BCUT2D eigenvalue weighted by atomic mass is 10.2. The molecule has 0 saturated carbocycles. The molecule has 0 spiro atoms. The fraction of sp³-hybridized carbons (Fsp3) is 0.588. The molecule has 0 atom stereocenters. The highest BCUT2D eigenvalue weighted by Crippen LogP contribution is 2.24. The van der Waals surface area contributed by atoms with Crippen LogP contribution in [-0.4, -0.2) is 61.1 Å². The Labute approximate surface area is 133 Å². The van der Waals surface area contributed by atoms with Crippen LogP contribution in [0.1, 0.15) is 20.8 Å². The normalized spacial score (nSPS) is 15.9. The molecule has 122 valence electrons. The summed E-state index contributed by atoms with van der Waals surface area (Å²) in [5.41, 5.74) is 0.872. The van der Waals surface area contributed by atoms with Crippen LogP contribution in [0.15, 0.2) is 24.3 Å². The van der Waals surface area contributed by atoms with E-state index in [0.717, 1.165) is 44.2 Å². The third-order valence-electron chi connectivity index (χ3n) is 3.85. The van der Waals surface area contributed by atoms with Gasteiger partial charge < -0.3 is 19.9 Å². The maximum Gasteiger partial charge on any atom is 0.241 e. The van der Waals surface area contributed by atoms with E-state index in [9.17, 15) is 4.79 Å². The first-order valence-corrected chi connectivity index (χ1v) is 8.09. The molecule has 1 N–H and O–H groups in total. The van der Waals surface area contributed by atoms with Crippen LogP contribution in [0.4, 0.5) is 5.69 Å². The summed E-state index contributed by atoms with van der Waals surface area (Å²) in [6.45, 7) is 11.1. The molecule has 1 aromatic carbocycles. The molecule has 1 saturated heterocycles. The number of carbonyl (C=O) groups is 1. The number of nitrogens with one attached hydrogen (secondary N) is 1. The smallest absolute Gasteiger partial charge is 0.241 e. The van der Waals surface area contributed by atoms with Gasteiger partial charge in [0.25, 0.3) is 0 Å². The maximum atomic E-state index is 12.3. The summed E-state index contributed by atoms with van der Waals surface area (Å²) in [4.78, 5) is 16.6. The van der Waals surface area contributed by atoms with Crippen molar-refractivity contribution in [2.24, 2.45) is 0 Å². The summed E-state index contributed by atoms with van der Waals surface area (Å²) in [7, 11) is 0. The zero-order valence-electron chi connectivity index (χ0n) is 13.8. The average Bonchev–Trinajstić information content (AvgIpc) is 2.53. The van der Waals surface area contributed by atoms with Gasteiger partial charge in [0.2, 0.25) is 5.91 Å². The zero-order valence-corrected chi connectivity index (χ0v) is 13.8. The van der Waals surface area contributed by atoms with Crippen LogP contribution in [-0.2, 0) is 4.79 Å². The average molecular weight is 305 g/mol. The standard InChI is InChI=1S/C17H27N3O2/c1-4-19-9-11-20(12-10-19)17(21)13-18-15-7-5-6-8-16(15)22-14(2)3/h5-8,14,18H,4,9-13H2,1-3H3. The van der Waals surface area contributed by atoms with Crippen LogP contribution in [0.5, 0.6) is 5.75 Å². The van der Waals surface area contributed by atoms with Crippen molar-refractivity contribution in [3.63, 3.8) is 0 Å². The first kappa shape index (κ1) is 16.6. The number of hydrogen-bond donors (Lipinski definition) is 1. The molecule has 0 radical (unpaired) electrons. The molecule has 0 aromatic heterocycles. The second-order valence-corrected chi connectivity index (χ2v) is 5.83. The quantitative estimate of drug-likeness (QED) is 0.874. The molecule has 22 heavy (non-hydrogen) atoms. The van der Waals surface area contributed by atoms with E-state index in [4.69, 9.17) is 4.74 Å². The molecule has 1 aliphatic heterocycles. The summed E-state index contributed by atoms with van der Waals surface area (Å²) >= 11 is 0. The SMILES string of the molecule is CCN1CCN(C(=O)CNc2ccccc2OC(C)C)CC1. The highest BCUT2D eigenvalue weighted by molar-refractivity contribution is 5.81. The van der Waals surface area contributed by atoms with Gasteiger partial charge in [0.05, 0.1) is 18.3 Å². The molecular formula is C17H27N3O2. The minimum atomic E-state index is 0.112. The van der Waals surface area contributed by atoms with Gasteiger partial charge in [-0.15, -0.1) is 0 Å². The molecule has 0 unspecified atom stereocenters. The Bertz CT molecular complexity index is 483. The van der Waals surface area contributed by atoms with E-state index in [1.807, 2.05) is 43.0 Å². The van der Waals surface area contributed by atoms with Crippen molar-refractivity contribution >= 4 is 11.6 Å². The number of hydrogen-bond acceptors (Lipinski definition) is 4. The molecule has 2 rings (SSSR count). The summed E-state index contributed by atoms with van der Waals surface area (Å²) in [5, 5.41) is 3.21. The molecule has 0 bridgehead atoms. The van der Waals surface area contributed by atoms with Crippen molar-refractivity contribution in [1.29, 1.82) is 0 Å². The van der Waals surface area contributed by atoms with E-state index < -0.39 is 0 Å². The van der Waals surface area contributed by atoms with Crippen molar-refractivity contribution in [3.05, 3.63) is 24.3 Å². The van der Waals surface area contributed by atoms with Crippen LogP contribution in [0.3, 0.4) is 0 Å². The Hall–Kier alpha value is -1.75. The van der Waals surface area contributed by atoms with Gasteiger partial charge >= 0.3 is 0 Å². The molecule has 1 fully saturated rings. The van der Waals surface area contributed by atoms with E-state index in [0.29, 0.717) is 6.54 Å². The Morgan fingerprint density at radius 1 is 1.23 bits per heavy atom. The third-order valence-corrected chi connectivity index (χ3v) is 3.85. The predicted molar refractivity (Wildman–Crippen MR) is 89.4 cm³/mol. The zero-order chi connectivity index (χ0) is 15.9. The molecule has 1 heterocycles. The highest BCUT2D eigenvalue weighted by Gasteiger charge is 2.20. The number of benzene rings is 1. The van der Waals surface area contributed by atoms with E-state index in [-0.39, 0.29) is 12.0 Å². The van der Waals surface area contributed by atoms with Crippen LogP contribution >= 0.6 is 0 Å². The second kappa shape index (κ2) is 8.03. The van der Waals surface area contributed by atoms with E-state index in [1.165, 1.54) is 0 Å². The van der Waals surface area contributed by atoms with Gasteiger partial charge in [-0.3, -0.25) is 4.79 Å². The topological polar surface area (TPSA) is 44.8 Å². The Balaban J connectivity index is 1.86. The summed E-state index contributed by atoms with van der Waals surface area (Å²) in [6, 6.07) is 7.75. The Kier molecular flexibility index (Phi) is 6.07. The lowest BCUT2D eigenvalue weighted by molar-refractivity contribution is -0.131. The Morgan fingerprint density at radius 2 is 1.91 bits per heavy atom. The largest absolute Gasteiger partial charge is 0.489 e. The van der Waals surface area contributed by atoms with Crippen LogP contribution in [0.2, 0.25) is 0 Å². The number of anilines is 1. The molecule has 5 heteroatoms. The van der Waals surface area contributed by atoms with Gasteiger partial charge in [-0.2, -0.15) is 0 Å². The molecule has 1 aliphatic rings. The van der Waals surface area contributed by atoms with Gasteiger partial charge in [-0.1, -0.05) is 19.1 Å². The van der Waals surface area contributed by atoms with Crippen molar-refractivity contribution in [1.82, 2.24) is 9.80 Å². The first-order valence-electron chi connectivity index (χ1n) is 8.09. The van der Waals surface area contributed by atoms with Gasteiger partial charge in [0, 0.05) is 26.2 Å². The number of likely N-dealkylation sites (N-methyl/N-ethyl adjacent to an activating group) is 1. The molecule has 1 aromatic rings. The maximum absolute atomic E-state index is 12.3. The number of nitrogens with zero attached hydrogens (tertiary/aromatic N) is 2. The van der Waals surface area contributed by atoms with E-state index in [2.05, 4.69) is 17.1 Å². The molecule has 1 amide bonds. The summed E-state index contributed by atoms with van der Waals surface area (Å²) < 4.78 is 5.76. The number of ether oxygens (including phenoxy) is 1. The van der Waals surface area contributed by atoms with Crippen molar-refractivity contribution in [2.75, 3.05) is 44.6 Å². The van der Waals surface area contributed by atoms with Gasteiger partial charge in [-0.25, -0.2) is 0 Å². The lowest BCUT2D eigenvalue weighted by Crippen LogP contribution is -2.49. The summed E-state index contributed by atoms with van der Waals surface area (Å²) in [6.07, 6.45) is 0.112. The highest BCUT2D eigenvalue weighted by atomic mass is 16.5.